The predicted molar refractivity (Wildman–Crippen MR) is 75.0 cm³/mol. The lowest BCUT2D eigenvalue weighted by molar-refractivity contribution is -0.0203. The Kier molecular flexibility index (Phi) is 3.56. The van der Waals surface area contributed by atoms with Crippen molar-refractivity contribution in [2.45, 2.75) is 46.0 Å². The highest BCUT2D eigenvalue weighted by atomic mass is 16.5. The van der Waals surface area contributed by atoms with E-state index >= 15 is 0 Å². The molecule has 19 heavy (non-hydrogen) atoms. The molecule has 4 aliphatic rings. The minimum absolute atomic E-state index is 0.505. The maximum Gasteiger partial charge on any atom is 0.0982 e. The van der Waals surface area contributed by atoms with Gasteiger partial charge >= 0.3 is 0 Å². The van der Waals surface area contributed by atoms with Gasteiger partial charge in [0.2, 0.25) is 0 Å². The van der Waals surface area contributed by atoms with Gasteiger partial charge in [0.05, 0.1) is 24.5 Å². The SMILES string of the molecule is CC(C)CO/C=C(\C#N)C1C2CC3CC(C2)CC1C3. The molecule has 4 aliphatic carbocycles. The monoisotopic (exact) mass is 259 g/mol. The van der Waals surface area contributed by atoms with Gasteiger partial charge in [0.1, 0.15) is 0 Å². The second kappa shape index (κ2) is 5.19. The standard InChI is InChI=1S/C17H25NO/c1-11(2)9-19-10-16(8-18)17-14-4-12-3-13(6-14)7-15(17)5-12/h10-15,17H,3-7,9H2,1-2H3/b16-10+. The van der Waals surface area contributed by atoms with Crippen LogP contribution >= 0.6 is 0 Å². The average Bonchev–Trinajstić information content (AvgIpc) is 2.35. The van der Waals surface area contributed by atoms with Crippen molar-refractivity contribution in [1.82, 2.24) is 0 Å². The summed E-state index contributed by atoms with van der Waals surface area (Å²) in [6.07, 6.45) is 8.70. The number of ether oxygens (including phenoxy) is 1. The van der Waals surface area contributed by atoms with E-state index in [0.717, 1.165) is 35.9 Å². The van der Waals surface area contributed by atoms with E-state index in [-0.39, 0.29) is 0 Å². The summed E-state index contributed by atoms with van der Waals surface area (Å²) in [5.41, 5.74) is 0.925. The van der Waals surface area contributed by atoms with Gasteiger partial charge in [-0.05, 0) is 61.7 Å². The highest BCUT2D eigenvalue weighted by molar-refractivity contribution is 5.26. The van der Waals surface area contributed by atoms with Crippen LogP contribution in [0.5, 0.6) is 0 Å². The number of nitrogens with zero attached hydrogens (tertiary/aromatic N) is 1. The van der Waals surface area contributed by atoms with Crippen LogP contribution in [0, 0.1) is 46.8 Å². The summed E-state index contributed by atoms with van der Waals surface area (Å²) in [4.78, 5) is 0. The zero-order chi connectivity index (χ0) is 13.4. The average molecular weight is 259 g/mol. The topological polar surface area (TPSA) is 33.0 Å². The zero-order valence-electron chi connectivity index (χ0n) is 12.1. The van der Waals surface area contributed by atoms with Gasteiger partial charge < -0.3 is 4.74 Å². The van der Waals surface area contributed by atoms with Crippen molar-refractivity contribution in [2.75, 3.05) is 6.61 Å². The molecule has 0 spiro atoms. The first-order chi connectivity index (χ1) is 9.17. The molecule has 0 heterocycles. The largest absolute Gasteiger partial charge is 0.500 e. The van der Waals surface area contributed by atoms with E-state index in [1.807, 2.05) is 0 Å². The van der Waals surface area contributed by atoms with E-state index in [1.165, 1.54) is 32.1 Å². The molecule has 0 aromatic carbocycles. The minimum Gasteiger partial charge on any atom is -0.500 e. The summed E-state index contributed by atoms with van der Waals surface area (Å²) in [5.74, 6) is 4.50. The van der Waals surface area contributed by atoms with Crippen LogP contribution in [0.2, 0.25) is 0 Å². The van der Waals surface area contributed by atoms with Crippen LogP contribution in [0.15, 0.2) is 11.8 Å². The van der Waals surface area contributed by atoms with Crippen molar-refractivity contribution >= 4 is 0 Å². The minimum atomic E-state index is 0.505. The first kappa shape index (κ1) is 13.0. The Morgan fingerprint density at radius 2 is 1.74 bits per heavy atom. The van der Waals surface area contributed by atoms with Gasteiger partial charge in [0.25, 0.3) is 0 Å². The number of rotatable bonds is 4. The Morgan fingerprint density at radius 3 is 2.21 bits per heavy atom. The van der Waals surface area contributed by atoms with E-state index in [0.29, 0.717) is 11.8 Å². The molecule has 0 aromatic heterocycles. The molecule has 104 valence electrons. The van der Waals surface area contributed by atoms with E-state index < -0.39 is 0 Å². The number of hydrogen-bond acceptors (Lipinski definition) is 2. The molecule has 0 unspecified atom stereocenters. The summed E-state index contributed by atoms with van der Waals surface area (Å²) < 4.78 is 5.62. The van der Waals surface area contributed by atoms with Crippen LogP contribution in [0.25, 0.3) is 0 Å². The number of nitriles is 1. The fraction of sp³-hybridized carbons (Fsp3) is 0.824. The van der Waals surface area contributed by atoms with E-state index in [4.69, 9.17) is 4.74 Å². The summed E-state index contributed by atoms with van der Waals surface area (Å²) in [6, 6.07) is 2.44. The van der Waals surface area contributed by atoms with E-state index in [9.17, 15) is 5.26 Å². The molecule has 4 saturated carbocycles. The van der Waals surface area contributed by atoms with Crippen LogP contribution in [0.1, 0.15) is 46.0 Å². The summed E-state index contributed by atoms with van der Waals surface area (Å²) in [6.45, 7) is 5.00. The fourth-order valence-corrected chi connectivity index (χ4v) is 4.94. The summed E-state index contributed by atoms with van der Waals surface area (Å²) in [5, 5.41) is 9.48. The zero-order valence-corrected chi connectivity index (χ0v) is 12.1. The van der Waals surface area contributed by atoms with E-state index in [1.54, 1.807) is 6.26 Å². The van der Waals surface area contributed by atoms with Crippen LogP contribution in [-0.4, -0.2) is 6.61 Å². The van der Waals surface area contributed by atoms with Crippen molar-refractivity contribution in [3.8, 4) is 6.07 Å². The van der Waals surface area contributed by atoms with Gasteiger partial charge in [-0.2, -0.15) is 5.26 Å². The molecule has 0 atom stereocenters. The molecule has 0 radical (unpaired) electrons. The molecule has 4 bridgehead atoms. The first-order valence-electron chi connectivity index (χ1n) is 7.89. The van der Waals surface area contributed by atoms with Crippen molar-refractivity contribution < 1.29 is 4.74 Å². The number of allylic oxidation sites excluding steroid dienone is 1. The molecular weight excluding hydrogens is 234 g/mol. The Labute approximate surface area is 116 Å². The Hall–Kier alpha value is -0.970. The maximum atomic E-state index is 9.48. The quantitative estimate of drug-likeness (QED) is 0.561. The lowest BCUT2D eigenvalue weighted by Crippen LogP contribution is -2.45. The first-order valence-corrected chi connectivity index (χ1v) is 7.89. The Morgan fingerprint density at radius 1 is 1.16 bits per heavy atom. The Bertz CT molecular complexity index is 376. The normalized spacial score (nSPS) is 40.5. The van der Waals surface area contributed by atoms with Gasteiger partial charge in [-0.15, -0.1) is 0 Å². The van der Waals surface area contributed by atoms with Crippen molar-refractivity contribution in [3.05, 3.63) is 11.8 Å². The highest BCUT2D eigenvalue weighted by Crippen LogP contribution is 2.58. The third kappa shape index (κ3) is 2.53. The molecule has 0 N–H and O–H groups in total. The Balaban J connectivity index is 1.71. The van der Waals surface area contributed by atoms with Crippen LogP contribution < -0.4 is 0 Å². The van der Waals surface area contributed by atoms with Crippen LogP contribution in [0.3, 0.4) is 0 Å². The summed E-state index contributed by atoms with van der Waals surface area (Å²) >= 11 is 0. The summed E-state index contributed by atoms with van der Waals surface area (Å²) in [7, 11) is 0. The van der Waals surface area contributed by atoms with Crippen molar-refractivity contribution in [1.29, 1.82) is 5.26 Å². The third-order valence-corrected chi connectivity index (χ3v) is 5.35. The smallest absolute Gasteiger partial charge is 0.0982 e. The molecule has 0 amide bonds. The molecule has 4 rings (SSSR count). The fourth-order valence-electron chi connectivity index (χ4n) is 4.94. The molecule has 4 fully saturated rings. The third-order valence-electron chi connectivity index (χ3n) is 5.35. The second-order valence-corrected chi connectivity index (χ2v) is 7.37. The molecular formula is C17H25NO. The second-order valence-electron chi connectivity index (χ2n) is 7.37. The van der Waals surface area contributed by atoms with Gasteiger partial charge in [-0.25, -0.2) is 0 Å². The van der Waals surface area contributed by atoms with Crippen LogP contribution in [-0.2, 0) is 4.74 Å². The molecule has 2 nitrogen and oxygen atoms in total. The number of hydrogen-bond donors (Lipinski definition) is 0. The predicted octanol–water partition coefficient (Wildman–Crippen LogP) is 4.14. The molecule has 2 heteroatoms. The van der Waals surface area contributed by atoms with E-state index in [2.05, 4.69) is 19.9 Å². The maximum absolute atomic E-state index is 9.48. The van der Waals surface area contributed by atoms with Gasteiger partial charge in [0.15, 0.2) is 0 Å². The van der Waals surface area contributed by atoms with Gasteiger partial charge in [-0.3, -0.25) is 0 Å². The highest BCUT2D eigenvalue weighted by Gasteiger charge is 2.49. The van der Waals surface area contributed by atoms with Crippen molar-refractivity contribution in [2.24, 2.45) is 35.5 Å². The molecule has 0 saturated heterocycles. The van der Waals surface area contributed by atoms with Gasteiger partial charge in [-0.1, -0.05) is 13.8 Å². The molecule has 0 aromatic rings. The van der Waals surface area contributed by atoms with Crippen LogP contribution in [0.4, 0.5) is 0 Å². The van der Waals surface area contributed by atoms with Gasteiger partial charge in [0, 0.05) is 5.92 Å². The lowest BCUT2D eigenvalue weighted by atomic mass is 9.51. The van der Waals surface area contributed by atoms with Crippen molar-refractivity contribution in [3.63, 3.8) is 0 Å². The lowest BCUT2D eigenvalue weighted by Gasteiger charge is -2.54. The molecule has 0 aliphatic heterocycles.